The third kappa shape index (κ3) is 2.89. The number of methoxy groups -OCH3 is 1. The standard InChI is InChI=1S/C25H28O3/c1-3-28-25(17-20-12-8-5-9-13-20)22(16-19-10-6-4-7-11-19)21-14-15-24(25,18-21)23(26)27-2/h4-15,21-22H,3,16-18H2,1-2H3. The molecule has 0 saturated heterocycles. The molecule has 2 aliphatic rings. The van der Waals surface area contributed by atoms with Gasteiger partial charge in [-0.25, -0.2) is 0 Å². The van der Waals surface area contributed by atoms with E-state index < -0.39 is 11.0 Å². The second-order valence-electron chi connectivity index (χ2n) is 7.97. The van der Waals surface area contributed by atoms with Crippen LogP contribution in [0.4, 0.5) is 0 Å². The van der Waals surface area contributed by atoms with Gasteiger partial charge >= 0.3 is 5.97 Å². The summed E-state index contributed by atoms with van der Waals surface area (Å²) in [5.41, 5.74) is 1.15. The van der Waals surface area contributed by atoms with E-state index in [2.05, 4.69) is 60.7 Å². The maximum Gasteiger partial charge on any atom is 0.318 e. The molecule has 2 aliphatic carbocycles. The number of benzene rings is 2. The van der Waals surface area contributed by atoms with Crippen molar-refractivity contribution in [2.75, 3.05) is 13.7 Å². The molecule has 2 bridgehead atoms. The van der Waals surface area contributed by atoms with Gasteiger partial charge in [-0.3, -0.25) is 4.79 Å². The van der Waals surface area contributed by atoms with Crippen molar-refractivity contribution in [1.82, 2.24) is 0 Å². The third-order valence-electron chi connectivity index (χ3n) is 6.62. The molecule has 0 amide bonds. The number of fused-ring (bicyclic) bond motifs is 2. The van der Waals surface area contributed by atoms with Gasteiger partial charge in [0.15, 0.2) is 0 Å². The molecule has 1 saturated carbocycles. The van der Waals surface area contributed by atoms with Crippen LogP contribution in [0.1, 0.15) is 24.5 Å². The molecule has 0 radical (unpaired) electrons. The van der Waals surface area contributed by atoms with E-state index in [1.165, 1.54) is 18.2 Å². The number of allylic oxidation sites excluding steroid dienone is 1. The number of esters is 1. The molecular formula is C25H28O3. The van der Waals surface area contributed by atoms with Gasteiger partial charge in [-0.1, -0.05) is 72.8 Å². The van der Waals surface area contributed by atoms with Gasteiger partial charge in [-0.15, -0.1) is 0 Å². The quantitative estimate of drug-likeness (QED) is 0.523. The third-order valence-corrected chi connectivity index (χ3v) is 6.62. The number of hydrogen-bond donors (Lipinski definition) is 0. The normalized spacial score (nSPS) is 30.5. The van der Waals surface area contributed by atoms with Crippen molar-refractivity contribution in [2.45, 2.75) is 31.8 Å². The second kappa shape index (κ2) is 7.56. The molecule has 0 N–H and O–H groups in total. The van der Waals surface area contributed by atoms with E-state index >= 15 is 0 Å². The summed E-state index contributed by atoms with van der Waals surface area (Å²) >= 11 is 0. The molecular weight excluding hydrogens is 348 g/mol. The van der Waals surface area contributed by atoms with E-state index in [4.69, 9.17) is 9.47 Å². The van der Waals surface area contributed by atoms with Gasteiger partial charge < -0.3 is 9.47 Å². The smallest absolute Gasteiger partial charge is 0.318 e. The predicted molar refractivity (Wildman–Crippen MR) is 110 cm³/mol. The largest absolute Gasteiger partial charge is 0.468 e. The fourth-order valence-electron chi connectivity index (χ4n) is 5.49. The van der Waals surface area contributed by atoms with Crippen LogP contribution in [0.2, 0.25) is 0 Å². The first-order valence-corrected chi connectivity index (χ1v) is 10.1. The fourth-order valence-corrected chi connectivity index (χ4v) is 5.49. The van der Waals surface area contributed by atoms with Crippen molar-refractivity contribution in [3.05, 3.63) is 83.9 Å². The van der Waals surface area contributed by atoms with E-state index in [1.807, 2.05) is 19.1 Å². The molecule has 1 fully saturated rings. The van der Waals surface area contributed by atoms with Gasteiger partial charge in [0.25, 0.3) is 0 Å². The van der Waals surface area contributed by atoms with E-state index in [0.29, 0.717) is 18.9 Å². The summed E-state index contributed by atoms with van der Waals surface area (Å²) < 4.78 is 11.9. The van der Waals surface area contributed by atoms with E-state index in [0.717, 1.165) is 12.8 Å². The molecule has 4 rings (SSSR count). The molecule has 28 heavy (non-hydrogen) atoms. The van der Waals surface area contributed by atoms with Crippen LogP contribution in [0.15, 0.2) is 72.8 Å². The zero-order valence-corrected chi connectivity index (χ0v) is 16.6. The Kier molecular flexibility index (Phi) is 5.11. The summed E-state index contributed by atoms with van der Waals surface area (Å²) in [5.74, 6) is 0.361. The zero-order valence-electron chi connectivity index (χ0n) is 16.6. The van der Waals surface area contributed by atoms with Crippen molar-refractivity contribution >= 4 is 5.97 Å². The Labute approximate surface area is 167 Å². The number of hydrogen-bond acceptors (Lipinski definition) is 3. The SMILES string of the molecule is CCOC1(Cc2ccccc2)C(Cc2ccccc2)C2C=CC1(C(=O)OC)C2. The molecule has 2 aromatic carbocycles. The first-order chi connectivity index (χ1) is 13.6. The second-order valence-corrected chi connectivity index (χ2v) is 7.97. The predicted octanol–water partition coefficient (Wildman–Crippen LogP) is 4.61. The highest BCUT2D eigenvalue weighted by Gasteiger charge is 2.69. The Morgan fingerprint density at radius 3 is 2.29 bits per heavy atom. The number of carbonyl (C=O) groups excluding carboxylic acids is 1. The Morgan fingerprint density at radius 1 is 1.04 bits per heavy atom. The van der Waals surface area contributed by atoms with E-state index in [1.54, 1.807) is 0 Å². The minimum absolute atomic E-state index is 0.175. The summed E-state index contributed by atoms with van der Waals surface area (Å²) in [5, 5.41) is 0. The Balaban J connectivity index is 1.81. The van der Waals surface area contributed by atoms with Crippen molar-refractivity contribution < 1.29 is 14.3 Å². The van der Waals surface area contributed by atoms with Crippen LogP contribution < -0.4 is 0 Å². The molecule has 146 valence electrons. The zero-order chi connectivity index (χ0) is 19.6. The minimum atomic E-state index is -0.724. The first kappa shape index (κ1) is 18.9. The Hall–Kier alpha value is -2.39. The van der Waals surface area contributed by atoms with E-state index in [-0.39, 0.29) is 11.9 Å². The van der Waals surface area contributed by atoms with Gasteiger partial charge in [0.1, 0.15) is 5.41 Å². The van der Waals surface area contributed by atoms with Crippen LogP contribution >= 0.6 is 0 Å². The van der Waals surface area contributed by atoms with Crippen LogP contribution in [0, 0.1) is 17.3 Å². The first-order valence-electron chi connectivity index (χ1n) is 10.1. The molecule has 0 spiro atoms. The molecule has 0 aromatic heterocycles. The average molecular weight is 376 g/mol. The van der Waals surface area contributed by atoms with Gasteiger partial charge in [0.05, 0.1) is 12.7 Å². The number of ether oxygens (including phenoxy) is 2. The lowest BCUT2D eigenvalue weighted by atomic mass is 9.65. The van der Waals surface area contributed by atoms with Crippen molar-refractivity contribution in [1.29, 1.82) is 0 Å². The molecule has 2 aromatic rings. The fraction of sp³-hybridized carbons (Fsp3) is 0.400. The number of carbonyl (C=O) groups is 1. The van der Waals surface area contributed by atoms with Crippen LogP contribution in [0.25, 0.3) is 0 Å². The summed E-state index contributed by atoms with van der Waals surface area (Å²) in [4.78, 5) is 13.1. The molecule has 3 nitrogen and oxygen atoms in total. The molecule has 4 unspecified atom stereocenters. The summed E-state index contributed by atoms with van der Waals surface area (Å²) in [6.07, 6.45) is 6.65. The highest BCUT2D eigenvalue weighted by Crippen LogP contribution is 2.63. The molecule has 3 heteroatoms. The highest BCUT2D eigenvalue weighted by molar-refractivity contribution is 5.83. The molecule has 0 heterocycles. The lowest BCUT2D eigenvalue weighted by Crippen LogP contribution is -2.57. The topological polar surface area (TPSA) is 35.5 Å². The van der Waals surface area contributed by atoms with Crippen LogP contribution in [-0.2, 0) is 27.1 Å². The van der Waals surface area contributed by atoms with Crippen LogP contribution in [-0.4, -0.2) is 25.3 Å². The van der Waals surface area contributed by atoms with Gasteiger partial charge in [-0.05, 0) is 36.8 Å². The van der Waals surface area contributed by atoms with Crippen LogP contribution in [0.3, 0.4) is 0 Å². The minimum Gasteiger partial charge on any atom is -0.468 e. The van der Waals surface area contributed by atoms with Crippen molar-refractivity contribution in [3.63, 3.8) is 0 Å². The Morgan fingerprint density at radius 2 is 1.68 bits per heavy atom. The van der Waals surface area contributed by atoms with Crippen molar-refractivity contribution in [2.24, 2.45) is 17.3 Å². The molecule has 0 aliphatic heterocycles. The highest BCUT2D eigenvalue weighted by atomic mass is 16.5. The summed E-state index contributed by atoms with van der Waals surface area (Å²) in [6.45, 7) is 2.59. The van der Waals surface area contributed by atoms with Gasteiger partial charge in [-0.2, -0.15) is 0 Å². The maximum absolute atomic E-state index is 13.1. The Bertz CT molecular complexity index is 845. The monoisotopic (exact) mass is 376 g/mol. The summed E-state index contributed by atoms with van der Waals surface area (Å²) in [7, 11) is 1.49. The molecule has 4 atom stereocenters. The van der Waals surface area contributed by atoms with Gasteiger partial charge in [0, 0.05) is 18.9 Å². The lowest BCUT2D eigenvalue weighted by molar-refractivity contribution is -0.176. The lowest BCUT2D eigenvalue weighted by Gasteiger charge is -2.47. The van der Waals surface area contributed by atoms with Crippen LogP contribution in [0.5, 0.6) is 0 Å². The number of rotatable bonds is 7. The maximum atomic E-state index is 13.1. The van der Waals surface area contributed by atoms with Crippen molar-refractivity contribution in [3.8, 4) is 0 Å². The van der Waals surface area contributed by atoms with Gasteiger partial charge in [0.2, 0.25) is 0 Å². The average Bonchev–Trinajstić information content (AvgIpc) is 3.27. The summed E-state index contributed by atoms with van der Waals surface area (Å²) in [6, 6.07) is 20.9. The van der Waals surface area contributed by atoms with E-state index in [9.17, 15) is 4.79 Å².